The summed E-state index contributed by atoms with van der Waals surface area (Å²) in [5.74, 6) is -0.841. The first-order chi connectivity index (χ1) is 10.1. The molecule has 5 nitrogen and oxygen atoms in total. The van der Waals surface area contributed by atoms with E-state index in [4.69, 9.17) is 0 Å². The van der Waals surface area contributed by atoms with Gasteiger partial charge in [-0.25, -0.2) is 9.18 Å². The van der Waals surface area contributed by atoms with Gasteiger partial charge >= 0.3 is 5.97 Å². The molecule has 108 valence electrons. The molecule has 21 heavy (non-hydrogen) atoms. The Morgan fingerprint density at radius 2 is 2.29 bits per heavy atom. The minimum Gasteiger partial charge on any atom is -0.477 e. The first-order valence-electron chi connectivity index (χ1n) is 6.23. The molecule has 0 bridgehead atoms. The SMILES string of the molecule is Cn1ccc(NCc2c(C(=O)O)sc3cccc(F)c23)n1. The largest absolute Gasteiger partial charge is 0.477 e. The number of aryl methyl sites for hydroxylation is 1. The van der Waals surface area contributed by atoms with E-state index in [1.54, 1.807) is 36.1 Å². The van der Waals surface area contributed by atoms with Crippen molar-refractivity contribution in [2.24, 2.45) is 7.05 Å². The van der Waals surface area contributed by atoms with E-state index in [-0.39, 0.29) is 11.4 Å². The predicted molar refractivity (Wildman–Crippen MR) is 79.3 cm³/mol. The molecule has 3 aromatic rings. The fraction of sp³-hybridized carbons (Fsp3) is 0.143. The lowest BCUT2D eigenvalue weighted by Gasteiger charge is -2.04. The van der Waals surface area contributed by atoms with Crippen LogP contribution in [0.1, 0.15) is 15.2 Å². The van der Waals surface area contributed by atoms with Crippen LogP contribution in [0.25, 0.3) is 10.1 Å². The number of hydrogen-bond acceptors (Lipinski definition) is 4. The van der Waals surface area contributed by atoms with Crippen LogP contribution in [0.15, 0.2) is 30.5 Å². The average Bonchev–Trinajstić information content (AvgIpc) is 3.01. The summed E-state index contributed by atoms with van der Waals surface area (Å²) in [6, 6.07) is 6.41. The summed E-state index contributed by atoms with van der Waals surface area (Å²) in [7, 11) is 1.79. The Morgan fingerprint density at radius 1 is 1.48 bits per heavy atom. The number of fused-ring (bicyclic) bond motifs is 1. The summed E-state index contributed by atoms with van der Waals surface area (Å²) in [5.41, 5.74) is 0.450. The van der Waals surface area contributed by atoms with E-state index in [0.717, 1.165) is 11.3 Å². The maximum atomic E-state index is 14.0. The lowest BCUT2D eigenvalue weighted by molar-refractivity contribution is 0.0701. The van der Waals surface area contributed by atoms with Gasteiger partial charge in [-0.3, -0.25) is 4.68 Å². The molecular weight excluding hydrogens is 293 g/mol. The average molecular weight is 305 g/mol. The van der Waals surface area contributed by atoms with Crippen LogP contribution in [-0.4, -0.2) is 20.9 Å². The molecule has 0 saturated carbocycles. The van der Waals surface area contributed by atoms with Gasteiger partial charge in [-0.15, -0.1) is 11.3 Å². The van der Waals surface area contributed by atoms with Crippen LogP contribution in [0.2, 0.25) is 0 Å². The first-order valence-corrected chi connectivity index (χ1v) is 7.04. The molecule has 0 unspecified atom stereocenters. The van der Waals surface area contributed by atoms with E-state index in [2.05, 4.69) is 10.4 Å². The van der Waals surface area contributed by atoms with Gasteiger partial charge < -0.3 is 10.4 Å². The van der Waals surface area contributed by atoms with E-state index < -0.39 is 11.8 Å². The van der Waals surface area contributed by atoms with E-state index in [0.29, 0.717) is 21.5 Å². The molecule has 0 aliphatic heterocycles. The highest BCUT2D eigenvalue weighted by Crippen LogP contribution is 2.33. The predicted octanol–water partition coefficient (Wildman–Crippen LogP) is 3.08. The number of carboxylic acids is 1. The molecule has 2 heterocycles. The number of anilines is 1. The second kappa shape index (κ2) is 5.17. The van der Waals surface area contributed by atoms with Crippen LogP contribution < -0.4 is 5.32 Å². The topological polar surface area (TPSA) is 67.2 Å². The third-order valence-electron chi connectivity index (χ3n) is 3.12. The molecule has 0 saturated heterocycles. The van der Waals surface area contributed by atoms with Crippen molar-refractivity contribution in [2.45, 2.75) is 6.54 Å². The molecule has 0 spiro atoms. The molecule has 1 aromatic carbocycles. The van der Waals surface area contributed by atoms with Crippen molar-refractivity contribution < 1.29 is 14.3 Å². The molecular formula is C14H12FN3O2S. The molecule has 2 N–H and O–H groups in total. The Kier molecular flexibility index (Phi) is 3.34. The van der Waals surface area contributed by atoms with Gasteiger partial charge in [0, 0.05) is 41.5 Å². The van der Waals surface area contributed by atoms with E-state index >= 15 is 0 Å². The van der Waals surface area contributed by atoms with E-state index in [1.807, 2.05) is 0 Å². The van der Waals surface area contributed by atoms with Crippen molar-refractivity contribution in [1.82, 2.24) is 9.78 Å². The normalized spacial score (nSPS) is 11.0. The molecule has 2 aromatic heterocycles. The first kappa shape index (κ1) is 13.6. The molecule has 0 fully saturated rings. The number of halogens is 1. The highest BCUT2D eigenvalue weighted by molar-refractivity contribution is 7.21. The summed E-state index contributed by atoms with van der Waals surface area (Å²) < 4.78 is 16.3. The molecule has 0 aliphatic rings. The smallest absolute Gasteiger partial charge is 0.346 e. The standard InChI is InChI=1S/C14H12FN3O2S/c1-18-6-5-11(17-18)16-7-8-12-9(15)3-2-4-10(12)21-13(8)14(19)20/h2-6H,7H2,1H3,(H,16,17)(H,19,20). The number of benzene rings is 1. The van der Waals surface area contributed by atoms with Gasteiger partial charge in [0.05, 0.1) is 0 Å². The maximum absolute atomic E-state index is 14.0. The Labute approximate surface area is 123 Å². The van der Waals surface area contributed by atoms with Gasteiger partial charge in [-0.05, 0) is 12.1 Å². The Hall–Kier alpha value is -2.41. The number of nitrogens with zero attached hydrogens (tertiary/aromatic N) is 2. The molecule has 0 atom stereocenters. The summed E-state index contributed by atoms with van der Waals surface area (Å²) in [6.45, 7) is 0.208. The highest BCUT2D eigenvalue weighted by Gasteiger charge is 2.20. The van der Waals surface area contributed by atoms with Gasteiger partial charge in [-0.2, -0.15) is 5.10 Å². The minimum absolute atomic E-state index is 0.151. The third-order valence-corrected chi connectivity index (χ3v) is 4.30. The summed E-state index contributed by atoms with van der Waals surface area (Å²) in [6.07, 6.45) is 1.77. The maximum Gasteiger partial charge on any atom is 0.346 e. The van der Waals surface area contributed by atoms with Crippen LogP contribution in [0.5, 0.6) is 0 Å². The number of nitrogens with one attached hydrogen (secondary N) is 1. The number of rotatable bonds is 4. The van der Waals surface area contributed by atoms with Crippen molar-refractivity contribution >= 4 is 33.2 Å². The van der Waals surface area contributed by atoms with Gasteiger partial charge in [0.15, 0.2) is 0 Å². The molecule has 7 heteroatoms. The number of carboxylic acid groups (broad SMARTS) is 1. The van der Waals surface area contributed by atoms with Crippen LogP contribution in [0.3, 0.4) is 0 Å². The third kappa shape index (κ3) is 2.47. The summed E-state index contributed by atoms with van der Waals surface area (Å²) in [5, 5.41) is 16.8. The quantitative estimate of drug-likeness (QED) is 0.777. The fourth-order valence-corrected chi connectivity index (χ4v) is 3.27. The zero-order valence-electron chi connectivity index (χ0n) is 11.1. The van der Waals surface area contributed by atoms with Crippen LogP contribution >= 0.6 is 11.3 Å². The molecule has 3 rings (SSSR count). The zero-order chi connectivity index (χ0) is 15.0. The number of carbonyl (C=O) groups is 1. The molecule has 0 aliphatic carbocycles. The lowest BCUT2D eigenvalue weighted by atomic mass is 10.1. The van der Waals surface area contributed by atoms with Crippen LogP contribution in [-0.2, 0) is 13.6 Å². The number of aromatic carboxylic acids is 1. The number of thiophene rings is 1. The van der Waals surface area contributed by atoms with Crippen molar-refractivity contribution in [1.29, 1.82) is 0 Å². The fourth-order valence-electron chi connectivity index (χ4n) is 2.20. The Balaban J connectivity index is 2.02. The van der Waals surface area contributed by atoms with Crippen molar-refractivity contribution in [2.75, 3.05) is 5.32 Å². The van der Waals surface area contributed by atoms with Crippen LogP contribution in [0.4, 0.5) is 10.2 Å². The minimum atomic E-state index is -1.05. The second-order valence-electron chi connectivity index (χ2n) is 4.56. The zero-order valence-corrected chi connectivity index (χ0v) is 11.9. The van der Waals surface area contributed by atoms with Gasteiger partial charge in [0.2, 0.25) is 0 Å². The number of aromatic nitrogens is 2. The van der Waals surface area contributed by atoms with E-state index in [9.17, 15) is 14.3 Å². The van der Waals surface area contributed by atoms with Gasteiger partial charge in [-0.1, -0.05) is 6.07 Å². The summed E-state index contributed by atoms with van der Waals surface area (Å²) >= 11 is 1.08. The van der Waals surface area contributed by atoms with Crippen molar-refractivity contribution in [3.63, 3.8) is 0 Å². The van der Waals surface area contributed by atoms with Crippen molar-refractivity contribution in [3.05, 3.63) is 46.7 Å². The Morgan fingerprint density at radius 3 is 2.95 bits per heavy atom. The van der Waals surface area contributed by atoms with Crippen molar-refractivity contribution in [3.8, 4) is 0 Å². The van der Waals surface area contributed by atoms with E-state index in [1.165, 1.54) is 6.07 Å². The monoisotopic (exact) mass is 305 g/mol. The Bertz CT molecular complexity index is 825. The van der Waals surface area contributed by atoms with Gasteiger partial charge in [0.25, 0.3) is 0 Å². The highest BCUT2D eigenvalue weighted by atomic mass is 32.1. The lowest BCUT2D eigenvalue weighted by Crippen LogP contribution is -2.05. The summed E-state index contributed by atoms with van der Waals surface area (Å²) in [4.78, 5) is 11.5. The number of hydrogen-bond donors (Lipinski definition) is 2. The molecule has 0 amide bonds. The van der Waals surface area contributed by atoms with Gasteiger partial charge in [0.1, 0.15) is 16.5 Å². The van der Waals surface area contributed by atoms with Crippen LogP contribution in [0, 0.1) is 5.82 Å². The molecule has 0 radical (unpaired) electrons. The second-order valence-corrected chi connectivity index (χ2v) is 5.61.